The predicted molar refractivity (Wildman–Crippen MR) is 76.3 cm³/mol. The molecule has 0 saturated heterocycles. The molecule has 0 amide bonds. The topological polar surface area (TPSA) is 16.1 Å². The first-order valence-corrected chi connectivity index (χ1v) is 6.64. The first-order valence-electron chi connectivity index (χ1n) is 5.85. The molecule has 0 N–H and O–H groups in total. The van der Waals surface area contributed by atoms with Crippen molar-refractivity contribution in [2.45, 2.75) is 12.8 Å². The van der Waals surface area contributed by atoms with Gasteiger partial charge in [0, 0.05) is 16.1 Å². The third-order valence-corrected chi connectivity index (χ3v) is 3.54. The minimum atomic E-state index is 1.08. The normalized spacial score (nSPS) is 11.3. The van der Waals surface area contributed by atoms with Gasteiger partial charge in [-0.25, -0.2) is 0 Å². The first kappa shape index (κ1) is 12.5. The fourth-order valence-electron chi connectivity index (χ4n) is 1.98. The standard InChI is InChI=1S/C14H17BrN2/c1-17(2)10-4-5-11-7-8-13(15)12-6-3-9-16-14(11)12/h3,6-9H,4-5,10H2,1-2H3. The molecule has 0 fully saturated rings. The molecule has 0 aliphatic rings. The number of pyridine rings is 1. The van der Waals surface area contributed by atoms with Gasteiger partial charge < -0.3 is 4.90 Å². The van der Waals surface area contributed by atoms with Crippen molar-refractivity contribution in [3.8, 4) is 0 Å². The van der Waals surface area contributed by atoms with Crippen molar-refractivity contribution in [1.29, 1.82) is 0 Å². The van der Waals surface area contributed by atoms with Crippen LogP contribution in [0.25, 0.3) is 10.9 Å². The Balaban J connectivity index is 2.26. The molecule has 0 atom stereocenters. The highest BCUT2D eigenvalue weighted by molar-refractivity contribution is 9.10. The largest absolute Gasteiger partial charge is 0.309 e. The molecule has 0 aliphatic carbocycles. The Morgan fingerprint density at radius 3 is 2.82 bits per heavy atom. The summed E-state index contributed by atoms with van der Waals surface area (Å²) in [5.74, 6) is 0. The number of aromatic nitrogens is 1. The second-order valence-corrected chi connectivity index (χ2v) is 5.37. The van der Waals surface area contributed by atoms with Gasteiger partial charge in [-0.3, -0.25) is 4.98 Å². The van der Waals surface area contributed by atoms with E-state index in [9.17, 15) is 0 Å². The van der Waals surface area contributed by atoms with Gasteiger partial charge in [-0.2, -0.15) is 0 Å². The SMILES string of the molecule is CN(C)CCCc1ccc(Br)c2cccnc12. The number of benzene rings is 1. The maximum Gasteiger partial charge on any atom is 0.0745 e. The van der Waals surface area contributed by atoms with Crippen LogP contribution in [-0.2, 0) is 6.42 Å². The first-order chi connectivity index (χ1) is 8.18. The summed E-state index contributed by atoms with van der Waals surface area (Å²) >= 11 is 3.57. The van der Waals surface area contributed by atoms with Crippen molar-refractivity contribution in [2.75, 3.05) is 20.6 Å². The number of hydrogen-bond donors (Lipinski definition) is 0. The quantitative estimate of drug-likeness (QED) is 0.858. The fourth-order valence-corrected chi connectivity index (χ4v) is 2.44. The molecule has 2 aromatic rings. The van der Waals surface area contributed by atoms with E-state index in [4.69, 9.17) is 0 Å². The average molecular weight is 293 g/mol. The summed E-state index contributed by atoms with van der Waals surface area (Å²) in [6.45, 7) is 1.12. The maximum absolute atomic E-state index is 4.50. The van der Waals surface area contributed by atoms with Crippen molar-refractivity contribution >= 4 is 26.8 Å². The van der Waals surface area contributed by atoms with Crippen LogP contribution in [0.3, 0.4) is 0 Å². The fraction of sp³-hybridized carbons (Fsp3) is 0.357. The average Bonchev–Trinajstić information content (AvgIpc) is 2.32. The van der Waals surface area contributed by atoms with Crippen LogP contribution in [0, 0.1) is 0 Å². The van der Waals surface area contributed by atoms with E-state index in [0.717, 1.165) is 23.0 Å². The lowest BCUT2D eigenvalue weighted by atomic mass is 10.1. The van der Waals surface area contributed by atoms with E-state index < -0.39 is 0 Å². The molecule has 1 aromatic carbocycles. The van der Waals surface area contributed by atoms with Crippen LogP contribution in [0.1, 0.15) is 12.0 Å². The van der Waals surface area contributed by atoms with E-state index in [-0.39, 0.29) is 0 Å². The Hall–Kier alpha value is -0.930. The zero-order chi connectivity index (χ0) is 12.3. The summed E-state index contributed by atoms with van der Waals surface area (Å²) in [6.07, 6.45) is 4.11. The van der Waals surface area contributed by atoms with Crippen molar-refractivity contribution in [2.24, 2.45) is 0 Å². The van der Waals surface area contributed by atoms with Crippen LogP contribution >= 0.6 is 15.9 Å². The van der Waals surface area contributed by atoms with E-state index in [1.165, 1.54) is 17.4 Å². The van der Waals surface area contributed by atoms with E-state index in [2.05, 4.69) is 58.1 Å². The summed E-state index contributed by atoms with van der Waals surface area (Å²) in [7, 11) is 4.22. The molecule has 0 spiro atoms. The lowest BCUT2D eigenvalue weighted by Gasteiger charge is -2.10. The van der Waals surface area contributed by atoms with Crippen molar-refractivity contribution in [3.05, 3.63) is 40.5 Å². The smallest absolute Gasteiger partial charge is 0.0745 e. The third kappa shape index (κ3) is 3.05. The highest BCUT2D eigenvalue weighted by atomic mass is 79.9. The van der Waals surface area contributed by atoms with Gasteiger partial charge in [0.05, 0.1) is 5.52 Å². The number of rotatable bonds is 4. The second-order valence-electron chi connectivity index (χ2n) is 4.51. The van der Waals surface area contributed by atoms with E-state index in [0.29, 0.717) is 0 Å². The highest BCUT2D eigenvalue weighted by Crippen LogP contribution is 2.25. The highest BCUT2D eigenvalue weighted by Gasteiger charge is 2.05. The van der Waals surface area contributed by atoms with Gasteiger partial charge in [0.25, 0.3) is 0 Å². The molecule has 3 heteroatoms. The number of hydrogen-bond acceptors (Lipinski definition) is 2. The van der Waals surface area contributed by atoms with Gasteiger partial charge in [0.2, 0.25) is 0 Å². The molecule has 0 aliphatic heterocycles. The summed E-state index contributed by atoms with van der Waals surface area (Å²) in [5, 5.41) is 1.20. The lowest BCUT2D eigenvalue weighted by molar-refractivity contribution is 0.400. The number of aryl methyl sites for hydroxylation is 1. The van der Waals surface area contributed by atoms with Crippen LogP contribution in [0.5, 0.6) is 0 Å². The molecule has 1 aromatic heterocycles. The van der Waals surface area contributed by atoms with Crippen LogP contribution in [0.4, 0.5) is 0 Å². The lowest BCUT2D eigenvalue weighted by Crippen LogP contribution is -2.13. The molecule has 0 unspecified atom stereocenters. The van der Waals surface area contributed by atoms with Crippen molar-refractivity contribution in [3.63, 3.8) is 0 Å². The van der Waals surface area contributed by atoms with Gasteiger partial charge in [-0.1, -0.05) is 28.1 Å². The summed E-state index contributed by atoms with van der Waals surface area (Å²) in [6, 6.07) is 8.39. The zero-order valence-electron chi connectivity index (χ0n) is 10.3. The van der Waals surface area contributed by atoms with Gasteiger partial charge in [-0.15, -0.1) is 0 Å². The molecule has 2 nitrogen and oxygen atoms in total. The van der Waals surface area contributed by atoms with Gasteiger partial charge in [0.15, 0.2) is 0 Å². The second kappa shape index (κ2) is 5.61. The zero-order valence-corrected chi connectivity index (χ0v) is 11.9. The number of halogens is 1. The molecular formula is C14H17BrN2. The van der Waals surface area contributed by atoms with Gasteiger partial charge in [0.1, 0.15) is 0 Å². The molecule has 0 saturated carbocycles. The van der Waals surface area contributed by atoms with Gasteiger partial charge >= 0.3 is 0 Å². The third-order valence-electron chi connectivity index (χ3n) is 2.85. The van der Waals surface area contributed by atoms with Crippen LogP contribution < -0.4 is 0 Å². The van der Waals surface area contributed by atoms with Crippen LogP contribution in [-0.4, -0.2) is 30.5 Å². The van der Waals surface area contributed by atoms with Gasteiger partial charge in [-0.05, 0) is 51.2 Å². The minimum Gasteiger partial charge on any atom is -0.309 e. The van der Waals surface area contributed by atoms with Crippen LogP contribution in [0.2, 0.25) is 0 Å². The molecule has 0 radical (unpaired) electrons. The minimum absolute atomic E-state index is 1.08. The Morgan fingerprint density at radius 2 is 2.06 bits per heavy atom. The molecular weight excluding hydrogens is 276 g/mol. The molecule has 1 heterocycles. The Bertz CT molecular complexity index is 509. The monoisotopic (exact) mass is 292 g/mol. The molecule has 0 bridgehead atoms. The van der Waals surface area contributed by atoms with E-state index in [1.54, 1.807) is 0 Å². The van der Waals surface area contributed by atoms with Crippen molar-refractivity contribution in [1.82, 2.24) is 9.88 Å². The summed E-state index contributed by atoms with van der Waals surface area (Å²) in [5.41, 5.74) is 2.46. The van der Waals surface area contributed by atoms with Crippen molar-refractivity contribution < 1.29 is 0 Å². The predicted octanol–water partition coefficient (Wildman–Crippen LogP) is 3.49. The van der Waals surface area contributed by atoms with Crippen LogP contribution in [0.15, 0.2) is 34.9 Å². The Morgan fingerprint density at radius 1 is 1.24 bits per heavy atom. The maximum atomic E-state index is 4.50. The Labute approximate surface area is 111 Å². The molecule has 17 heavy (non-hydrogen) atoms. The Kier molecular flexibility index (Phi) is 4.13. The summed E-state index contributed by atoms with van der Waals surface area (Å²) < 4.78 is 1.12. The number of nitrogens with zero attached hydrogens (tertiary/aromatic N) is 2. The van der Waals surface area contributed by atoms with E-state index >= 15 is 0 Å². The molecule has 2 rings (SSSR count). The molecule has 90 valence electrons. The summed E-state index contributed by atoms with van der Waals surface area (Å²) in [4.78, 5) is 6.71. The van der Waals surface area contributed by atoms with E-state index in [1.807, 2.05) is 12.3 Å². The number of fused-ring (bicyclic) bond motifs is 1.